The number of fused-ring (bicyclic) bond motifs is 1. The molecule has 132 valence electrons. The predicted octanol–water partition coefficient (Wildman–Crippen LogP) is 1.04. The number of imidazole rings is 1. The van der Waals surface area contributed by atoms with Crippen molar-refractivity contribution in [1.82, 2.24) is 24.4 Å². The molecule has 0 aliphatic heterocycles. The van der Waals surface area contributed by atoms with Crippen molar-refractivity contribution in [3.05, 3.63) is 48.0 Å². The lowest BCUT2D eigenvalue weighted by Gasteiger charge is -2.02. The van der Waals surface area contributed by atoms with Crippen LogP contribution in [0.1, 0.15) is 21.9 Å². The number of carbonyl (C=O) groups is 1. The van der Waals surface area contributed by atoms with Crippen LogP contribution in [0, 0.1) is 0 Å². The second kappa shape index (κ2) is 6.85. The molecule has 0 fully saturated rings. The third-order valence-corrected chi connectivity index (χ3v) is 5.05. The van der Waals surface area contributed by atoms with E-state index in [0.29, 0.717) is 45.6 Å². The monoisotopic (exact) mass is 381 g/mol. The molecule has 25 heavy (non-hydrogen) atoms. The second-order valence-electron chi connectivity index (χ2n) is 5.55. The third kappa shape index (κ3) is 3.38. The van der Waals surface area contributed by atoms with Gasteiger partial charge in [0.05, 0.1) is 9.21 Å². The molecule has 3 heterocycles. The molecule has 0 spiro atoms. The van der Waals surface area contributed by atoms with Gasteiger partial charge in [-0.05, 0) is 18.6 Å². The van der Waals surface area contributed by atoms with E-state index in [1.807, 2.05) is 0 Å². The number of aryl methyl sites for hydroxylation is 2. The molecule has 2 N–H and O–H groups in total. The SMILES string of the molecule is Cn1c(=O)c2[nH]c(CCCNC(=O)c3ccc(Cl)s3)nc2n(C)c1=O. The summed E-state index contributed by atoms with van der Waals surface area (Å²) in [6.07, 6.45) is 1.18. The van der Waals surface area contributed by atoms with Crippen LogP contribution in [0.4, 0.5) is 0 Å². The molecule has 0 aliphatic rings. The van der Waals surface area contributed by atoms with Gasteiger partial charge in [0.15, 0.2) is 5.65 Å². The molecule has 0 saturated carbocycles. The number of rotatable bonds is 5. The van der Waals surface area contributed by atoms with Crippen molar-refractivity contribution in [2.75, 3.05) is 6.54 Å². The van der Waals surface area contributed by atoms with Gasteiger partial charge in [-0.1, -0.05) is 11.6 Å². The summed E-state index contributed by atoms with van der Waals surface area (Å²) in [6.45, 7) is 0.461. The summed E-state index contributed by atoms with van der Waals surface area (Å²) in [5.74, 6) is 0.430. The molecule has 0 aliphatic carbocycles. The first-order valence-electron chi connectivity index (χ1n) is 7.56. The largest absolute Gasteiger partial charge is 0.351 e. The molecule has 0 saturated heterocycles. The number of nitrogens with one attached hydrogen (secondary N) is 2. The molecule has 0 atom stereocenters. The lowest BCUT2D eigenvalue weighted by atomic mass is 10.3. The molecule has 3 aromatic rings. The van der Waals surface area contributed by atoms with E-state index in [1.54, 1.807) is 19.2 Å². The molecular weight excluding hydrogens is 366 g/mol. The number of carbonyl (C=O) groups excluding carboxylic acids is 1. The van der Waals surface area contributed by atoms with Gasteiger partial charge in [-0.3, -0.25) is 18.7 Å². The predicted molar refractivity (Wildman–Crippen MR) is 96.6 cm³/mol. The molecule has 0 radical (unpaired) electrons. The topological polar surface area (TPSA) is 102 Å². The van der Waals surface area contributed by atoms with Gasteiger partial charge in [-0.25, -0.2) is 9.78 Å². The van der Waals surface area contributed by atoms with Crippen LogP contribution in [0.15, 0.2) is 21.7 Å². The van der Waals surface area contributed by atoms with E-state index in [2.05, 4.69) is 15.3 Å². The Labute approximate surface area is 151 Å². The minimum Gasteiger partial charge on any atom is -0.351 e. The van der Waals surface area contributed by atoms with Gasteiger partial charge in [0.1, 0.15) is 11.3 Å². The minimum atomic E-state index is -0.419. The first kappa shape index (κ1) is 17.4. The average molecular weight is 382 g/mol. The summed E-state index contributed by atoms with van der Waals surface area (Å²) in [6, 6.07) is 3.36. The van der Waals surface area contributed by atoms with Gasteiger partial charge >= 0.3 is 5.69 Å². The zero-order valence-corrected chi connectivity index (χ0v) is 15.2. The zero-order valence-electron chi connectivity index (χ0n) is 13.6. The smallest absolute Gasteiger partial charge is 0.332 e. The van der Waals surface area contributed by atoms with E-state index >= 15 is 0 Å². The van der Waals surface area contributed by atoms with Crippen molar-refractivity contribution in [3.63, 3.8) is 0 Å². The fraction of sp³-hybridized carbons (Fsp3) is 0.333. The number of hydrogen-bond donors (Lipinski definition) is 2. The van der Waals surface area contributed by atoms with Crippen LogP contribution in [0.3, 0.4) is 0 Å². The van der Waals surface area contributed by atoms with Crippen LogP contribution in [-0.2, 0) is 20.5 Å². The van der Waals surface area contributed by atoms with Crippen LogP contribution in [0.5, 0.6) is 0 Å². The third-order valence-electron chi connectivity index (χ3n) is 3.82. The first-order valence-corrected chi connectivity index (χ1v) is 8.76. The van der Waals surface area contributed by atoms with E-state index < -0.39 is 11.2 Å². The van der Waals surface area contributed by atoms with E-state index in [1.165, 1.54) is 23.0 Å². The van der Waals surface area contributed by atoms with Gasteiger partial charge in [0, 0.05) is 27.1 Å². The first-order chi connectivity index (χ1) is 11.9. The van der Waals surface area contributed by atoms with Crippen LogP contribution in [0.25, 0.3) is 11.2 Å². The summed E-state index contributed by atoms with van der Waals surface area (Å²) < 4.78 is 2.94. The van der Waals surface area contributed by atoms with E-state index in [4.69, 9.17) is 11.6 Å². The van der Waals surface area contributed by atoms with Crippen molar-refractivity contribution in [1.29, 1.82) is 0 Å². The Morgan fingerprint density at radius 3 is 2.76 bits per heavy atom. The number of thiophene rings is 1. The average Bonchev–Trinajstić information content (AvgIpc) is 3.21. The zero-order chi connectivity index (χ0) is 18.1. The summed E-state index contributed by atoms with van der Waals surface area (Å²) in [4.78, 5) is 43.8. The molecule has 3 rings (SSSR count). The van der Waals surface area contributed by atoms with Gasteiger partial charge in [0.25, 0.3) is 11.5 Å². The summed E-state index contributed by atoms with van der Waals surface area (Å²) in [7, 11) is 3.00. The van der Waals surface area contributed by atoms with E-state index in [9.17, 15) is 14.4 Å². The van der Waals surface area contributed by atoms with Gasteiger partial charge in [0.2, 0.25) is 0 Å². The lowest BCUT2D eigenvalue weighted by Crippen LogP contribution is -2.36. The maximum Gasteiger partial charge on any atom is 0.332 e. The van der Waals surface area contributed by atoms with Crippen LogP contribution < -0.4 is 16.6 Å². The Hall–Kier alpha value is -2.39. The number of hydrogen-bond acceptors (Lipinski definition) is 5. The Morgan fingerprint density at radius 1 is 1.32 bits per heavy atom. The van der Waals surface area contributed by atoms with Crippen LogP contribution in [0.2, 0.25) is 4.34 Å². The highest BCUT2D eigenvalue weighted by molar-refractivity contribution is 7.17. The number of aromatic nitrogens is 4. The molecular formula is C15H16ClN5O3S. The molecule has 3 aromatic heterocycles. The number of amides is 1. The maximum absolute atomic E-state index is 12.1. The Bertz CT molecular complexity index is 1060. The minimum absolute atomic E-state index is 0.169. The Balaban J connectivity index is 1.65. The van der Waals surface area contributed by atoms with Crippen molar-refractivity contribution in [2.24, 2.45) is 14.1 Å². The molecule has 10 heteroatoms. The molecule has 0 unspecified atom stereocenters. The van der Waals surface area contributed by atoms with E-state index in [0.717, 1.165) is 4.57 Å². The lowest BCUT2D eigenvalue weighted by molar-refractivity contribution is 0.0957. The van der Waals surface area contributed by atoms with Crippen LogP contribution >= 0.6 is 22.9 Å². The van der Waals surface area contributed by atoms with Crippen LogP contribution in [-0.4, -0.2) is 31.6 Å². The van der Waals surface area contributed by atoms with E-state index in [-0.39, 0.29) is 5.91 Å². The van der Waals surface area contributed by atoms with Gasteiger partial charge in [-0.2, -0.15) is 0 Å². The van der Waals surface area contributed by atoms with Gasteiger partial charge in [-0.15, -0.1) is 11.3 Å². The summed E-state index contributed by atoms with van der Waals surface area (Å²) in [5.41, 5.74) is -0.186. The maximum atomic E-state index is 12.1. The Kier molecular flexibility index (Phi) is 4.78. The molecule has 0 bridgehead atoms. The fourth-order valence-electron chi connectivity index (χ4n) is 2.47. The summed E-state index contributed by atoms with van der Waals surface area (Å²) >= 11 is 7.03. The van der Waals surface area contributed by atoms with Gasteiger partial charge < -0.3 is 10.3 Å². The van der Waals surface area contributed by atoms with Crippen molar-refractivity contribution in [3.8, 4) is 0 Å². The number of halogens is 1. The number of H-pyrrole nitrogens is 1. The highest BCUT2D eigenvalue weighted by Crippen LogP contribution is 2.21. The highest BCUT2D eigenvalue weighted by Gasteiger charge is 2.13. The Morgan fingerprint density at radius 2 is 2.08 bits per heavy atom. The fourth-order valence-corrected chi connectivity index (χ4v) is 3.43. The van der Waals surface area contributed by atoms with Crippen molar-refractivity contribution < 1.29 is 4.79 Å². The second-order valence-corrected chi connectivity index (χ2v) is 7.27. The quantitative estimate of drug-likeness (QED) is 0.644. The molecule has 1 amide bonds. The number of nitrogens with zero attached hydrogens (tertiary/aromatic N) is 3. The molecule has 8 nitrogen and oxygen atoms in total. The highest BCUT2D eigenvalue weighted by atomic mass is 35.5. The normalized spacial score (nSPS) is 11.2. The summed E-state index contributed by atoms with van der Waals surface area (Å²) in [5, 5.41) is 2.81. The number of aromatic amines is 1. The van der Waals surface area contributed by atoms with Crippen molar-refractivity contribution in [2.45, 2.75) is 12.8 Å². The van der Waals surface area contributed by atoms with Crippen molar-refractivity contribution >= 4 is 40.0 Å². The molecule has 0 aromatic carbocycles. The standard InChI is InChI=1S/C15H16ClN5O3S/c1-20-12-11(14(23)21(2)15(20)24)18-10(19-12)4-3-7-17-13(22)8-5-6-9(16)25-8/h5-6H,3-4,7H2,1-2H3,(H,17,22)(H,18,19).